The lowest BCUT2D eigenvalue weighted by Crippen LogP contribution is -2.21. The van der Waals surface area contributed by atoms with E-state index in [9.17, 15) is 9.18 Å². The van der Waals surface area contributed by atoms with Gasteiger partial charge in [0, 0.05) is 28.5 Å². The third kappa shape index (κ3) is 3.37. The predicted molar refractivity (Wildman–Crippen MR) is 109 cm³/mol. The molecule has 0 spiro atoms. The molecule has 0 unspecified atom stereocenters. The highest BCUT2D eigenvalue weighted by Crippen LogP contribution is 2.20. The molecule has 0 saturated heterocycles. The Morgan fingerprint density at radius 3 is 2.50 bits per heavy atom. The zero-order valence-electron chi connectivity index (χ0n) is 15.4. The molecule has 0 fully saturated rings. The molecule has 0 atom stereocenters. The first-order valence-electron chi connectivity index (χ1n) is 9.00. The van der Waals surface area contributed by atoms with Gasteiger partial charge in [0.05, 0.1) is 5.69 Å². The van der Waals surface area contributed by atoms with Gasteiger partial charge in [0.2, 0.25) is 11.7 Å². The average Bonchev–Trinajstić information content (AvgIpc) is 3.39. The van der Waals surface area contributed by atoms with Crippen LogP contribution in [-0.4, -0.2) is 24.3 Å². The van der Waals surface area contributed by atoms with Crippen LogP contribution in [0.1, 0.15) is 5.89 Å². The van der Waals surface area contributed by atoms with Crippen LogP contribution in [0.15, 0.2) is 76.3 Å². The molecule has 0 N–H and O–H groups in total. The number of benzene rings is 2. The molecule has 148 valence electrons. The van der Waals surface area contributed by atoms with E-state index in [0.29, 0.717) is 27.9 Å². The molecular formula is C21H13ClFN5O2. The van der Waals surface area contributed by atoms with Crippen LogP contribution in [0.4, 0.5) is 4.39 Å². The lowest BCUT2D eigenvalue weighted by molar-refractivity contribution is 0.370. The van der Waals surface area contributed by atoms with Gasteiger partial charge in [-0.25, -0.2) is 8.91 Å². The fourth-order valence-corrected chi connectivity index (χ4v) is 3.22. The van der Waals surface area contributed by atoms with E-state index in [0.717, 1.165) is 11.1 Å². The number of fused-ring (bicyclic) bond motifs is 1. The maximum Gasteiger partial charge on any atom is 0.277 e. The van der Waals surface area contributed by atoms with Crippen LogP contribution in [0.3, 0.4) is 0 Å². The van der Waals surface area contributed by atoms with Crippen LogP contribution >= 0.6 is 11.6 Å². The van der Waals surface area contributed by atoms with Crippen molar-refractivity contribution in [1.82, 2.24) is 24.3 Å². The van der Waals surface area contributed by atoms with Crippen molar-refractivity contribution in [2.75, 3.05) is 0 Å². The van der Waals surface area contributed by atoms with Gasteiger partial charge in [-0.1, -0.05) is 16.8 Å². The second-order valence-corrected chi connectivity index (χ2v) is 7.05. The van der Waals surface area contributed by atoms with Crippen molar-refractivity contribution in [2.45, 2.75) is 6.54 Å². The Labute approximate surface area is 174 Å². The van der Waals surface area contributed by atoms with Crippen molar-refractivity contribution in [3.05, 3.63) is 94.1 Å². The summed E-state index contributed by atoms with van der Waals surface area (Å²) in [6.07, 6.45) is 3.27. The highest BCUT2D eigenvalue weighted by molar-refractivity contribution is 6.30. The molecule has 0 amide bonds. The van der Waals surface area contributed by atoms with Crippen LogP contribution in [0, 0.1) is 5.82 Å². The average molecular weight is 422 g/mol. The van der Waals surface area contributed by atoms with E-state index in [-0.39, 0.29) is 17.9 Å². The van der Waals surface area contributed by atoms with Crippen LogP contribution < -0.4 is 5.56 Å². The SMILES string of the molecule is O=c1c2cc(-c3ccc(F)cc3)nn2ccn1Cc1nc(-c2ccc(Cl)cc2)no1. The van der Waals surface area contributed by atoms with Crippen LogP contribution in [0.2, 0.25) is 5.02 Å². The Balaban J connectivity index is 1.45. The first-order chi connectivity index (χ1) is 14.6. The minimum atomic E-state index is -0.331. The van der Waals surface area contributed by atoms with Gasteiger partial charge in [-0.2, -0.15) is 10.1 Å². The summed E-state index contributed by atoms with van der Waals surface area (Å²) < 4.78 is 21.4. The predicted octanol–water partition coefficient (Wildman–Crippen LogP) is 4.05. The maximum atomic E-state index is 13.2. The van der Waals surface area contributed by atoms with Gasteiger partial charge in [-0.15, -0.1) is 0 Å². The molecule has 3 heterocycles. The first-order valence-corrected chi connectivity index (χ1v) is 9.38. The summed E-state index contributed by atoms with van der Waals surface area (Å²) in [5, 5.41) is 8.97. The summed E-state index contributed by atoms with van der Waals surface area (Å²) in [6.45, 7) is 0.118. The highest BCUT2D eigenvalue weighted by atomic mass is 35.5. The van der Waals surface area contributed by atoms with Gasteiger partial charge in [-0.05, 0) is 54.6 Å². The van der Waals surface area contributed by atoms with Crippen molar-refractivity contribution in [3.8, 4) is 22.6 Å². The van der Waals surface area contributed by atoms with Crippen LogP contribution in [-0.2, 0) is 6.54 Å². The van der Waals surface area contributed by atoms with E-state index in [1.54, 1.807) is 54.9 Å². The minimum absolute atomic E-state index is 0.118. The monoisotopic (exact) mass is 421 g/mol. The second-order valence-electron chi connectivity index (χ2n) is 6.62. The van der Waals surface area contributed by atoms with E-state index in [1.165, 1.54) is 21.2 Å². The smallest absolute Gasteiger partial charge is 0.277 e. The summed E-state index contributed by atoms with van der Waals surface area (Å²) >= 11 is 5.90. The molecule has 0 bridgehead atoms. The number of hydrogen-bond donors (Lipinski definition) is 0. The molecule has 7 nitrogen and oxygen atoms in total. The number of halogens is 2. The number of nitrogens with zero attached hydrogens (tertiary/aromatic N) is 5. The summed E-state index contributed by atoms with van der Waals surface area (Å²) in [7, 11) is 0. The summed E-state index contributed by atoms with van der Waals surface area (Å²) in [4.78, 5) is 17.2. The van der Waals surface area contributed by atoms with Gasteiger partial charge in [0.1, 0.15) is 17.9 Å². The molecule has 30 heavy (non-hydrogen) atoms. The topological polar surface area (TPSA) is 78.2 Å². The minimum Gasteiger partial charge on any atom is -0.337 e. The molecule has 0 saturated carbocycles. The summed E-state index contributed by atoms with van der Waals surface area (Å²) in [5.74, 6) is 0.380. The fraction of sp³-hybridized carbons (Fsp3) is 0.0476. The lowest BCUT2D eigenvalue weighted by atomic mass is 10.1. The fourth-order valence-electron chi connectivity index (χ4n) is 3.09. The zero-order valence-corrected chi connectivity index (χ0v) is 16.1. The molecule has 2 aromatic carbocycles. The molecule has 0 aliphatic carbocycles. The van der Waals surface area contributed by atoms with Gasteiger partial charge in [-0.3, -0.25) is 4.79 Å². The van der Waals surface area contributed by atoms with Crippen molar-refractivity contribution >= 4 is 17.1 Å². The highest BCUT2D eigenvalue weighted by Gasteiger charge is 2.13. The molecule has 0 aliphatic rings. The molecule has 9 heteroatoms. The Morgan fingerprint density at radius 2 is 1.73 bits per heavy atom. The molecule has 0 aliphatic heterocycles. The molecule has 5 rings (SSSR count). The van der Waals surface area contributed by atoms with Gasteiger partial charge in [0.15, 0.2) is 0 Å². The van der Waals surface area contributed by atoms with E-state index in [2.05, 4.69) is 15.2 Å². The van der Waals surface area contributed by atoms with Gasteiger partial charge >= 0.3 is 0 Å². The lowest BCUT2D eigenvalue weighted by Gasteiger charge is -2.01. The number of aromatic nitrogens is 5. The Bertz CT molecular complexity index is 1400. The van der Waals surface area contributed by atoms with Gasteiger partial charge < -0.3 is 9.09 Å². The molecule has 0 radical (unpaired) electrons. The standard InChI is InChI=1S/C21H13ClFN5O2/c22-15-5-1-14(2-6-15)20-24-19(30-26-20)12-27-9-10-28-18(21(27)29)11-17(25-28)13-3-7-16(23)8-4-13/h1-11H,12H2. The second kappa shape index (κ2) is 7.23. The molecule has 3 aromatic heterocycles. The number of hydrogen-bond acceptors (Lipinski definition) is 5. The van der Waals surface area contributed by atoms with E-state index in [4.69, 9.17) is 16.1 Å². The zero-order chi connectivity index (χ0) is 20.7. The Hall–Kier alpha value is -3.78. The Morgan fingerprint density at radius 1 is 1.00 bits per heavy atom. The maximum absolute atomic E-state index is 13.2. The summed E-state index contributed by atoms with van der Waals surface area (Å²) in [6, 6.07) is 14.7. The summed E-state index contributed by atoms with van der Waals surface area (Å²) in [5.41, 5.74) is 2.18. The van der Waals surface area contributed by atoms with Crippen molar-refractivity contribution < 1.29 is 8.91 Å². The van der Waals surface area contributed by atoms with Crippen molar-refractivity contribution in [3.63, 3.8) is 0 Å². The van der Waals surface area contributed by atoms with Gasteiger partial charge in [0.25, 0.3) is 5.56 Å². The van der Waals surface area contributed by atoms with Crippen molar-refractivity contribution in [2.24, 2.45) is 0 Å². The first kappa shape index (κ1) is 18.3. The van der Waals surface area contributed by atoms with E-state index in [1.807, 2.05) is 0 Å². The van der Waals surface area contributed by atoms with Crippen LogP contribution in [0.25, 0.3) is 28.2 Å². The van der Waals surface area contributed by atoms with E-state index < -0.39 is 0 Å². The quantitative estimate of drug-likeness (QED) is 0.437. The molecular weight excluding hydrogens is 409 g/mol. The Kier molecular flexibility index (Phi) is 4.40. The van der Waals surface area contributed by atoms with Crippen LogP contribution in [0.5, 0.6) is 0 Å². The third-order valence-electron chi connectivity index (χ3n) is 4.62. The number of rotatable bonds is 4. The van der Waals surface area contributed by atoms with E-state index >= 15 is 0 Å². The largest absolute Gasteiger partial charge is 0.337 e. The third-order valence-corrected chi connectivity index (χ3v) is 4.87. The normalized spacial score (nSPS) is 11.3. The van der Waals surface area contributed by atoms with Crippen molar-refractivity contribution in [1.29, 1.82) is 0 Å². The molecule has 5 aromatic rings.